The highest BCUT2D eigenvalue weighted by Crippen LogP contribution is 2.37. The molecule has 0 unspecified atom stereocenters. The van der Waals surface area contributed by atoms with Crippen molar-refractivity contribution in [3.63, 3.8) is 0 Å². The van der Waals surface area contributed by atoms with Gasteiger partial charge in [-0.05, 0) is 72.6 Å². The molecule has 1 aromatic heterocycles. The van der Waals surface area contributed by atoms with Crippen LogP contribution in [-0.2, 0) is 16.0 Å². The highest BCUT2D eigenvalue weighted by Gasteiger charge is 2.16. The van der Waals surface area contributed by atoms with Crippen molar-refractivity contribution in [2.24, 2.45) is 0 Å². The molecule has 10 nitrogen and oxygen atoms in total. The van der Waals surface area contributed by atoms with Gasteiger partial charge in [-0.3, -0.25) is 9.78 Å². The largest absolute Gasteiger partial charge is 0.502 e. The first-order valence-electron chi connectivity index (χ1n) is 12.2. The monoisotopic (exact) mass is 523 g/mol. The lowest BCUT2D eigenvalue weighted by atomic mass is 10.0. The predicted molar refractivity (Wildman–Crippen MR) is 148 cm³/mol. The van der Waals surface area contributed by atoms with Crippen molar-refractivity contribution in [3.8, 4) is 17.2 Å². The molecule has 0 bridgehead atoms. The van der Waals surface area contributed by atoms with Gasteiger partial charge in [0.25, 0.3) is 0 Å². The first-order chi connectivity index (χ1) is 19.0. The Morgan fingerprint density at radius 1 is 1.00 bits per heavy atom. The molecule has 3 N–H and O–H groups in total. The zero-order chi connectivity index (χ0) is 27.2. The summed E-state index contributed by atoms with van der Waals surface area (Å²) < 4.78 is 16.8. The number of rotatable bonds is 8. The van der Waals surface area contributed by atoms with Crippen molar-refractivity contribution in [2.45, 2.75) is 12.8 Å². The van der Waals surface area contributed by atoms with Crippen LogP contribution < -0.4 is 25.4 Å². The van der Waals surface area contributed by atoms with Crippen molar-refractivity contribution in [3.05, 3.63) is 83.8 Å². The summed E-state index contributed by atoms with van der Waals surface area (Å²) in [6, 6.07) is 17.1. The third-order valence-electron chi connectivity index (χ3n) is 6.05. The molecule has 1 aliphatic heterocycles. The molecule has 0 spiro atoms. The van der Waals surface area contributed by atoms with E-state index in [1.54, 1.807) is 67.9 Å². The summed E-state index contributed by atoms with van der Waals surface area (Å²) in [5.41, 5.74) is 3.96. The fourth-order valence-corrected chi connectivity index (χ4v) is 4.15. The highest BCUT2D eigenvalue weighted by atomic mass is 16.5. The standard InChI is InChI=1S/C29H25N5O5/c1-30-25-16-22-24(17-27(25)38-14-13-37-2)31-12-11-26(22)39-21-7-4-19(5-8-21)32-29(36)33-20-6-9-23-18(15-20)3-10-28(35)34-23/h4-9,11-12,15-17H,3,10,13-14H2,2H3,(H,34,35)(H2,32,33,36). The summed E-state index contributed by atoms with van der Waals surface area (Å²) in [6.07, 6.45) is 2.69. The van der Waals surface area contributed by atoms with Crippen LogP contribution in [-0.4, -0.2) is 37.2 Å². The van der Waals surface area contributed by atoms with Gasteiger partial charge in [0.05, 0.1) is 18.7 Å². The van der Waals surface area contributed by atoms with Crippen molar-refractivity contribution in [1.82, 2.24) is 4.98 Å². The van der Waals surface area contributed by atoms with E-state index in [4.69, 9.17) is 20.8 Å². The maximum absolute atomic E-state index is 12.5. The number of ether oxygens (including phenoxy) is 3. The van der Waals surface area contributed by atoms with Crippen LogP contribution >= 0.6 is 0 Å². The summed E-state index contributed by atoms with van der Waals surface area (Å²) in [4.78, 5) is 32.0. The highest BCUT2D eigenvalue weighted by molar-refractivity contribution is 6.00. The van der Waals surface area contributed by atoms with E-state index in [-0.39, 0.29) is 5.91 Å². The molecular formula is C29H25N5O5. The number of pyridine rings is 1. The van der Waals surface area contributed by atoms with Crippen LogP contribution in [0.5, 0.6) is 17.2 Å². The van der Waals surface area contributed by atoms with E-state index in [0.29, 0.717) is 71.3 Å². The number of aromatic nitrogens is 1. The van der Waals surface area contributed by atoms with Crippen molar-refractivity contribution >= 4 is 45.6 Å². The molecule has 39 heavy (non-hydrogen) atoms. The summed E-state index contributed by atoms with van der Waals surface area (Å²) >= 11 is 0. The zero-order valence-electron chi connectivity index (χ0n) is 21.1. The molecular weight excluding hydrogens is 498 g/mol. The number of fused-ring (bicyclic) bond motifs is 2. The fraction of sp³-hybridized carbons (Fsp3) is 0.172. The maximum Gasteiger partial charge on any atom is 0.323 e. The van der Waals surface area contributed by atoms with Gasteiger partial charge in [-0.2, -0.15) is 0 Å². The van der Waals surface area contributed by atoms with E-state index in [1.165, 1.54) is 0 Å². The Morgan fingerprint density at radius 2 is 1.79 bits per heavy atom. The Bertz CT molecular complexity index is 1580. The summed E-state index contributed by atoms with van der Waals surface area (Å²) in [5, 5.41) is 9.11. The topological polar surface area (TPSA) is 115 Å². The minimum atomic E-state index is -0.390. The molecule has 196 valence electrons. The van der Waals surface area contributed by atoms with Gasteiger partial charge in [0.1, 0.15) is 23.9 Å². The molecule has 4 aromatic rings. The number of nitrogens with one attached hydrogen (secondary N) is 3. The van der Waals surface area contributed by atoms with Crippen LogP contribution in [0.15, 0.2) is 66.9 Å². The second-order valence-electron chi connectivity index (χ2n) is 8.72. The maximum atomic E-state index is 12.5. The fourth-order valence-electron chi connectivity index (χ4n) is 4.15. The lowest BCUT2D eigenvalue weighted by molar-refractivity contribution is -0.116. The second-order valence-corrected chi connectivity index (χ2v) is 8.72. The lowest BCUT2D eigenvalue weighted by Crippen LogP contribution is -2.21. The Balaban J connectivity index is 1.25. The third-order valence-corrected chi connectivity index (χ3v) is 6.05. The van der Waals surface area contributed by atoms with Gasteiger partial charge < -0.3 is 30.2 Å². The van der Waals surface area contributed by atoms with E-state index >= 15 is 0 Å². The lowest BCUT2D eigenvalue weighted by Gasteiger charge is -2.18. The second kappa shape index (κ2) is 11.5. The van der Waals surface area contributed by atoms with Crippen molar-refractivity contribution in [1.29, 1.82) is 0 Å². The van der Waals surface area contributed by atoms with Crippen LogP contribution in [0.1, 0.15) is 12.0 Å². The molecule has 5 rings (SSSR count). The van der Waals surface area contributed by atoms with Crippen LogP contribution in [0.2, 0.25) is 0 Å². The number of hydrogen-bond acceptors (Lipinski definition) is 6. The van der Waals surface area contributed by atoms with Gasteiger partial charge in [-0.15, -0.1) is 0 Å². The smallest absolute Gasteiger partial charge is 0.323 e. The minimum Gasteiger partial charge on any atom is -0.502 e. The average molecular weight is 524 g/mol. The number of urea groups is 1. The first kappa shape index (κ1) is 25.5. The number of carbonyl (C=O) groups excluding carboxylic acids is 2. The van der Waals surface area contributed by atoms with Gasteiger partial charge in [0, 0.05) is 42.2 Å². The molecule has 10 heteroatoms. The molecule has 0 aliphatic carbocycles. The number of methoxy groups -OCH3 is 1. The number of anilines is 3. The molecule has 3 aromatic carbocycles. The SMILES string of the molecule is [C-]#[N+]c1cc2c(Oc3ccc(NC(=O)Nc4ccc5c(c4)CCC(=O)N5)cc3)ccnc2cc1OCCOC. The molecule has 0 radical (unpaired) electrons. The summed E-state index contributed by atoms with van der Waals surface area (Å²) in [5.74, 6) is 1.52. The van der Waals surface area contributed by atoms with Gasteiger partial charge >= 0.3 is 6.03 Å². The molecule has 0 saturated heterocycles. The molecule has 0 atom stereocenters. The summed E-state index contributed by atoms with van der Waals surface area (Å²) in [7, 11) is 1.59. The Labute approximate surface area is 224 Å². The van der Waals surface area contributed by atoms with Crippen LogP contribution in [0.4, 0.5) is 27.5 Å². The zero-order valence-corrected chi connectivity index (χ0v) is 21.1. The number of hydrogen-bond donors (Lipinski definition) is 3. The van der Waals surface area contributed by atoms with Gasteiger partial charge in [-0.1, -0.05) is 0 Å². The third kappa shape index (κ3) is 6.06. The number of benzene rings is 3. The van der Waals surface area contributed by atoms with E-state index in [1.807, 2.05) is 6.07 Å². The number of amides is 3. The number of carbonyl (C=O) groups is 2. The Kier molecular flexibility index (Phi) is 7.52. The Hall–Kier alpha value is -5.14. The van der Waals surface area contributed by atoms with E-state index in [2.05, 4.69) is 25.8 Å². The van der Waals surface area contributed by atoms with E-state index < -0.39 is 6.03 Å². The quantitative estimate of drug-likeness (QED) is 0.189. The first-order valence-corrected chi connectivity index (χ1v) is 12.2. The number of aryl methyl sites for hydroxylation is 1. The molecule has 0 saturated carbocycles. The van der Waals surface area contributed by atoms with E-state index in [9.17, 15) is 9.59 Å². The van der Waals surface area contributed by atoms with E-state index in [0.717, 1.165) is 11.3 Å². The van der Waals surface area contributed by atoms with Crippen LogP contribution in [0.25, 0.3) is 15.7 Å². The van der Waals surface area contributed by atoms with Crippen molar-refractivity contribution in [2.75, 3.05) is 36.3 Å². The molecule has 2 heterocycles. The van der Waals surface area contributed by atoms with Crippen molar-refractivity contribution < 1.29 is 23.8 Å². The normalized spacial score (nSPS) is 12.2. The van der Waals surface area contributed by atoms with Gasteiger partial charge in [-0.25, -0.2) is 9.64 Å². The molecule has 0 fully saturated rings. The van der Waals surface area contributed by atoms with Gasteiger partial charge in [0.15, 0.2) is 0 Å². The van der Waals surface area contributed by atoms with Gasteiger partial charge in [0.2, 0.25) is 11.6 Å². The Morgan fingerprint density at radius 3 is 2.59 bits per heavy atom. The van der Waals surface area contributed by atoms with Crippen LogP contribution in [0, 0.1) is 6.57 Å². The summed E-state index contributed by atoms with van der Waals surface area (Å²) in [6.45, 7) is 8.26. The molecule has 1 aliphatic rings. The average Bonchev–Trinajstić information content (AvgIpc) is 2.94. The minimum absolute atomic E-state index is 0.00363. The molecule has 3 amide bonds. The van der Waals surface area contributed by atoms with Crippen LogP contribution in [0.3, 0.4) is 0 Å². The predicted octanol–water partition coefficient (Wildman–Crippen LogP) is 6.13. The number of nitrogens with zero attached hydrogens (tertiary/aromatic N) is 2.